The SMILES string of the molecule is CC(Nc1nc(OCC2CCN2CC(F)F)nc2c(F)c(-c3ccc(F)c4sc(N)c(C#N)c34)c(Cl)c(O)c12)c1cccnc1N. The van der Waals surface area contributed by atoms with E-state index in [-0.39, 0.29) is 67.5 Å². The second-order valence-corrected chi connectivity index (χ2v) is 12.1. The molecule has 5 aromatic rings. The minimum atomic E-state index is -2.52. The molecule has 16 heteroatoms. The zero-order chi connectivity index (χ0) is 32.9. The van der Waals surface area contributed by atoms with Crippen LogP contribution in [0.1, 0.15) is 30.5 Å². The number of fused-ring (bicyclic) bond motifs is 2. The lowest BCUT2D eigenvalue weighted by atomic mass is 9.96. The third-order valence-corrected chi connectivity index (χ3v) is 9.31. The number of alkyl halides is 2. The summed E-state index contributed by atoms with van der Waals surface area (Å²) in [7, 11) is 0. The Morgan fingerprint density at radius 1 is 1.24 bits per heavy atom. The zero-order valence-corrected chi connectivity index (χ0v) is 25.6. The van der Waals surface area contributed by atoms with Crippen LogP contribution in [0.15, 0.2) is 30.5 Å². The summed E-state index contributed by atoms with van der Waals surface area (Å²) in [5.41, 5.74) is 11.8. The zero-order valence-electron chi connectivity index (χ0n) is 24.0. The molecule has 2 aromatic carbocycles. The molecule has 0 amide bonds. The molecule has 0 saturated carbocycles. The summed E-state index contributed by atoms with van der Waals surface area (Å²) >= 11 is 7.45. The fourth-order valence-corrected chi connectivity index (χ4v) is 6.76. The van der Waals surface area contributed by atoms with Gasteiger partial charge in [-0.2, -0.15) is 15.2 Å². The largest absolute Gasteiger partial charge is 0.506 e. The van der Waals surface area contributed by atoms with Crippen LogP contribution < -0.4 is 21.5 Å². The monoisotopic (exact) mass is 672 g/mol. The van der Waals surface area contributed by atoms with Crippen LogP contribution in [-0.2, 0) is 0 Å². The van der Waals surface area contributed by atoms with Crippen molar-refractivity contribution in [1.29, 1.82) is 5.26 Å². The van der Waals surface area contributed by atoms with E-state index < -0.39 is 46.9 Å². The maximum absolute atomic E-state index is 16.7. The lowest BCUT2D eigenvalue weighted by molar-refractivity contribution is -0.00330. The molecule has 46 heavy (non-hydrogen) atoms. The Morgan fingerprint density at radius 3 is 2.70 bits per heavy atom. The standard InChI is InChI=1S/C30H25ClF4N8O2S/c1-12(14-3-2-7-39-27(14)37)40-29-21-24(41-30(42-29)45-11-13-6-8-43(13)10-18(33)34)23(35)20(22(31)25(21)44)15-4-5-17(32)26-19(15)16(9-36)28(38)46-26/h2-5,7,12-13,18,44H,6,8,10-11,38H2,1H3,(H2,37,39)(H,40,41,42). The second-order valence-electron chi connectivity index (χ2n) is 10.7. The summed E-state index contributed by atoms with van der Waals surface area (Å²) in [6.07, 6.45) is -0.401. The van der Waals surface area contributed by atoms with Gasteiger partial charge in [0.1, 0.15) is 46.4 Å². The van der Waals surface area contributed by atoms with Gasteiger partial charge in [-0.05, 0) is 31.0 Å². The Hall–Kier alpha value is -4.65. The molecule has 238 valence electrons. The number of benzene rings is 2. The van der Waals surface area contributed by atoms with E-state index in [0.29, 0.717) is 18.5 Å². The van der Waals surface area contributed by atoms with Crippen LogP contribution in [-0.4, -0.2) is 57.1 Å². The van der Waals surface area contributed by atoms with Crippen molar-refractivity contribution >= 4 is 60.6 Å². The Balaban J connectivity index is 1.52. The summed E-state index contributed by atoms with van der Waals surface area (Å²) in [5.74, 6) is -2.15. The Morgan fingerprint density at radius 2 is 2.02 bits per heavy atom. The smallest absolute Gasteiger partial charge is 0.319 e. The topological polar surface area (TPSA) is 159 Å². The van der Waals surface area contributed by atoms with Gasteiger partial charge in [0, 0.05) is 35.3 Å². The third-order valence-electron chi connectivity index (χ3n) is 7.91. The number of ether oxygens (including phenoxy) is 1. The van der Waals surface area contributed by atoms with Crippen molar-refractivity contribution in [2.24, 2.45) is 0 Å². The highest BCUT2D eigenvalue weighted by Gasteiger charge is 2.32. The fourth-order valence-electron chi connectivity index (χ4n) is 5.53. The molecule has 0 spiro atoms. The number of likely N-dealkylation sites (tertiary alicyclic amines) is 1. The highest BCUT2D eigenvalue weighted by Crippen LogP contribution is 2.49. The molecule has 1 aliphatic heterocycles. The first kappa shape index (κ1) is 31.3. The van der Waals surface area contributed by atoms with Gasteiger partial charge in [0.05, 0.1) is 33.3 Å². The lowest BCUT2D eigenvalue weighted by Gasteiger charge is -2.40. The van der Waals surface area contributed by atoms with Crippen LogP contribution in [0, 0.1) is 23.0 Å². The summed E-state index contributed by atoms with van der Waals surface area (Å²) in [6.45, 7) is 1.73. The summed E-state index contributed by atoms with van der Waals surface area (Å²) < 4.78 is 63.3. The number of thiophene rings is 1. The third kappa shape index (κ3) is 5.42. The lowest BCUT2D eigenvalue weighted by Crippen LogP contribution is -2.52. The molecule has 6 N–H and O–H groups in total. The number of nitrogens with two attached hydrogens (primary N) is 2. The van der Waals surface area contributed by atoms with E-state index >= 15 is 4.39 Å². The number of hydrogen-bond acceptors (Lipinski definition) is 11. The normalized spacial score (nSPS) is 15.7. The molecule has 2 atom stereocenters. The van der Waals surface area contributed by atoms with Crippen molar-refractivity contribution < 1.29 is 27.4 Å². The summed E-state index contributed by atoms with van der Waals surface area (Å²) in [5, 5.41) is 23.7. The first-order valence-electron chi connectivity index (χ1n) is 13.9. The van der Waals surface area contributed by atoms with Crippen molar-refractivity contribution in [3.63, 3.8) is 0 Å². The number of pyridine rings is 1. The molecule has 1 saturated heterocycles. The number of phenols is 1. The minimum Gasteiger partial charge on any atom is -0.506 e. The number of halogens is 5. The Labute approximate surface area is 268 Å². The van der Waals surface area contributed by atoms with Crippen LogP contribution in [0.25, 0.3) is 32.1 Å². The number of hydrogen-bond donors (Lipinski definition) is 4. The number of nitrogens with one attached hydrogen (secondary N) is 1. The van der Waals surface area contributed by atoms with Crippen LogP contribution in [0.2, 0.25) is 5.02 Å². The van der Waals surface area contributed by atoms with Gasteiger partial charge < -0.3 is 26.6 Å². The quantitative estimate of drug-likeness (QED) is 0.128. The average Bonchev–Trinajstić information content (AvgIpc) is 3.36. The Bertz CT molecular complexity index is 2040. The molecule has 1 aliphatic rings. The van der Waals surface area contributed by atoms with Gasteiger partial charge in [0.2, 0.25) is 0 Å². The number of aromatic hydroxyl groups is 1. The van der Waals surface area contributed by atoms with Crippen molar-refractivity contribution in [1.82, 2.24) is 19.9 Å². The van der Waals surface area contributed by atoms with Gasteiger partial charge in [-0.25, -0.2) is 22.5 Å². The maximum Gasteiger partial charge on any atom is 0.319 e. The molecule has 6 rings (SSSR count). The minimum absolute atomic E-state index is 0.00444. The van der Waals surface area contributed by atoms with Gasteiger partial charge in [0.25, 0.3) is 6.43 Å². The van der Waals surface area contributed by atoms with Crippen molar-refractivity contribution in [3.05, 3.63) is 58.2 Å². The second kappa shape index (κ2) is 12.3. The van der Waals surface area contributed by atoms with E-state index in [2.05, 4.69) is 20.3 Å². The highest BCUT2D eigenvalue weighted by molar-refractivity contribution is 7.23. The van der Waals surface area contributed by atoms with Gasteiger partial charge in [-0.1, -0.05) is 23.7 Å². The van der Waals surface area contributed by atoms with Crippen molar-refractivity contribution in [3.8, 4) is 29.0 Å². The number of nitriles is 1. The molecular formula is C30H25ClF4N8O2S. The van der Waals surface area contributed by atoms with Gasteiger partial charge >= 0.3 is 6.01 Å². The van der Waals surface area contributed by atoms with Crippen LogP contribution in [0.5, 0.6) is 11.8 Å². The number of aromatic nitrogens is 3. The van der Waals surface area contributed by atoms with Gasteiger partial charge in [-0.3, -0.25) is 4.90 Å². The first-order valence-corrected chi connectivity index (χ1v) is 15.1. The maximum atomic E-state index is 16.7. The summed E-state index contributed by atoms with van der Waals surface area (Å²) in [6, 6.07) is 6.43. The average molecular weight is 673 g/mol. The van der Waals surface area contributed by atoms with Crippen LogP contribution in [0.4, 0.5) is 34.2 Å². The first-order chi connectivity index (χ1) is 22.0. The van der Waals surface area contributed by atoms with E-state index in [1.54, 1.807) is 24.0 Å². The van der Waals surface area contributed by atoms with Crippen LogP contribution in [0.3, 0.4) is 0 Å². The highest BCUT2D eigenvalue weighted by atomic mass is 35.5. The van der Waals surface area contributed by atoms with Gasteiger partial charge in [-0.15, -0.1) is 11.3 Å². The number of rotatable bonds is 9. The van der Waals surface area contributed by atoms with E-state index in [4.69, 9.17) is 27.8 Å². The predicted molar refractivity (Wildman–Crippen MR) is 168 cm³/mol. The van der Waals surface area contributed by atoms with E-state index in [1.807, 2.05) is 6.07 Å². The van der Waals surface area contributed by atoms with E-state index in [1.165, 1.54) is 12.3 Å². The molecule has 0 aliphatic carbocycles. The number of nitrogen functional groups attached to an aromatic ring is 2. The van der Waals surface area contributed by atoms with Crippen LogP contribution >= 0.6 is 22.9 Å². The summed E-state index contributed by atoms with van der Waals surface area (Å²) in [4.78, 5) is 14.3. The van der Waals surface area contributed by atoms with E-state index in [0.717, 1.165) is 17.4 Å². The molecular weight excluding hydrogens is 648 g/mol. The van der Waals surface area contributed by atoms with Gasteiger partial charge in [0.15, 0.2) is 5.82 Å². The fraction of sp³-hybridized carbons (Fsp3) is 0.267. The molecule has 1 fully saturated rings. The van der Waals surface area contributed by atoms with E-state index in [9.17, 15) is 23.5 Å². The Kier molecular flexibility index (Phi) is 8.36. The molecule has 2 unspecified atom stereocenters. The number of phenolic OH excluding ortho intramolecular Hbond substituents is 1. The van der Waals surface area contributed by atoms with Crippen molar-refractivity contribution in [2.45, 2.75) is 31.9 Å². The molecule has 3 aromatic heterocycles. The molecule has 10 nitrogen and oxygen atoms in total. The predicted octanol–water partition coefficient (Wildman–Crippen LogP) is 6.47. The molecule has 0 bridgehead atoms. The van der Waals surface area contributed by atoms with Crippen molar-refractivity contribution in [2.75, 3.05) is 36.5 Å². The number of anilines is 3. The molecule has 0 radical (unpaired) electrons. The molecule has 4 heterocycles. The number of nitrogens with zero attached hydrogens (tertiary/aromatic N) is 5.